The second kappa shape index (κ2) is 9.97. The van der Waals surface area contributed by atoms with Gasteiger partial charge >= 0.3 is 0 Å². The molecule has 0 radical (unpaired) electrons. The van der Waals surface area contributed by atoms with E-state index >= 15 is 0 Å². The minimum atomic E-state index is 0.126. The van der Waals surface area contributed by atoms with Gasteiger partial charge in [0.05, 0.1) is 0 Å². The molecular formula is C22H28N2O2. The third-order valence-corrected chi connectivity index (χ3v) is 4.92. The van der Waals surface area contributed by atoms with Crippen molar-refractivity contribution in [3.8, 4) is 5.75 Å². The number of rotatable bonds is 8. The van der Waals surface area contributed by atoms with Crippen LogP contribution < -0.4 is 15.4 Å². The molecule has 4 heteroatoms. The van der Waals surface area contributed by atoms with Gasteiger partial charge in [-0.25, -0.2) is 0 Å². The molecule has 1 saturated heterocycles. The molecule has 1 fully saturated rings. The molecule has 1 heterocycles. The van der Waals surface area contributed by atoms with Gasteiger partial charge in [-0.15, -0.1) is 0 Å². The molecule has 2 N–H and O–H groups in total. The first-order valence-corrected chi connectivity index (χ1v) is 9.53. The second-order valence-corrected chi connectivity index (χ2v) is 6.89. The van der Waals surface area contributed by atoms with Gasteiger partial charge in [0.1, 0.15) is 12.4 Å². The molecule has 1 aliphatic heterocycles. The molecule has 26 heavy (non-hydrogen) atoms. The first-order chi connectivity index (χ1) is 12.8. The fourth-order valence-corrected chi connectivity index (χ4v) is 3.31. The summed E-state index contributed by atoms with van der Waals surface area (Å²) in [7, 11) is 0. The van der Waals surface area contributed by atoms with Crippen molar-refractivity contribution >= 4 is 5.91 Å². The minimum Gasteiger partial charge on any atom is -0.489 e. The fourth-order valence-electron chi connectivity index (χ4n) is 3.31. The second-order valence-electron chi connectivity index (χ2n) is 6.89. The summed E-state index contributed by atoms with van der Waals surface area (Å²) in [6, 6.07) is 18.0. The van der Waals surface area contributed by atoms with Crippen LogP contribution in [0.15, 0.2) is 54.6 Å². The molecule has 0 aliphatic carbocycles. The third kappa shape index (κ3) is 5.88. The van der Waals surface area contributed by atoms with Crippen molar-refractivity contribution in [3.63, 3.8) is 0 Å². The minimum absolute atomic E-state index is 0.126. The molecule has 4 nitrogen and oxygen atoms in total. The van der Waals surface area contributed by atoms with Crippen LogP contribution in [0.4, 0.5) is 0 Å². The number of hydrogen-bond acceptors (Lipinski definition) is 3. The highest BCUT2D eigenvalue weighted by Gasteiger charge is 2.14. The van der Waals surface area contributed by atoms with Gasteiger partial charge in [0.25, 0.3) is 0 Å². The van der Waals surface area contributed by atoms with Crippen LogP contribution in [0.25, 0.3) is 0 Å². The summed E-state index contributed by atoms with van der Waals surface area (Å²) < 4.78 is 5.95. The van der Waals surface area contributed by atoms with Crippen LogP contribution in [0.2, 0.25) is 0 Å². The molecule has 138 valence electrons. The summed E-state index contributed by atoms with van der Waals surface area (Å²) in [6.45, 7) is 3.20. The fraction of sp³-hybridized carbons (Fsp3) is 0.409. The summed E-state index contributed by atoms with van der Waals surface area (Å²) in [5, 5.41) is 6.41. The smallest absolute Gasteiger partial charge is 0.220 e. The number of hydrogen-bond donors (Lipinski definition) is 2. The molecule has 0 atom stereocenters. The predicted molar refractivity (Wildman–Crippen MR) is 104 cm³/mol. The molecule has 2 aromatic rings. The van der Waals surface area contributed by atoms with Crippen LogP contribution in [0.3, 0.4) is 0 Å². The molecule has 0 unspecified atom stereocenters. The highest BCUT2D eigenvalue weighted by atomic mass is 16.5. The zero-order valence-corrected chi connectivity index (χ0v) is 15.2. The largest absolute Gasteiger partial charge is 0.489 e. The lowest BCUT2D eigenvalue weighted by molar-refractivity contribution is -0.121. The Bertz CT molecular complexity index is 682. The predicted octanol–water partition coefficient (Wildman–Crippen LogP) is 3.66. The summed E-state index contributed by atoms with van der Waals surface area (Å²) >= 11 is 0. The van der Waals surface area contributed by atoms with Crippen LogP contribution in [0.1, 0.15) is 36.8 Å². The number of carbonyl (C=O) groups excluding carboxylic acids is 1. The Kier molecular flexibility index (Phi) is 7.08. The van der Waals surface area contributed by atoms with Crippen molar-refractivity contribution in [2.24, 2.45) is 5.92 Å². The van der Waals surface area contributed by atoms with E-state index in [1.807, 2.05) is 54.6 Å². The van der Waals surface area contributed by atoms with Crippen LogP contribution in [0, 0.1) is 5.92 Å². The van der Waals surface area contributed by atoms with Gasteiger partial charge in [0, 0.05) is 18.5 Å². The molecule has 0 spiro atoms. The first kappa shape index (κ1) is 18.5. The lowest BCUT2D eigenvalue weighted by Crippen LogP contribution is -2.29. The highest BCUT2D eigenvalue weighted by molar-refractivity contribution is 5.75. The normalized spacial score (nSPS) is 14.8. The van der Waals surface area contributed by atoms with Crippen molar-refractivity contribution in [1.82, 2.24) is 10.6 Å². The number of ether oxygens (including phenoxy) is 1. The van der Waals surface area contributed by atoms with Gasteiger partial charge in [-0.1, -0.05) is 48.5 Å². The van der Waals surface area contributed by atoms with Gasteiger partial charge in [-0.3, -0.25) is 4.79 Å². The van der Waals surface area contributed by atoms with E-state index in [2.05, 4.69) is 10.6 Å². The summed E-state index contributed by atoms with van der Waals surface area (Å²) in [5.41, 5.74) is 2.15. The summed E-state index contributed by atoms with van der Waals surface area (Å²) in [5.74, 6) is 1.64. The first-order valence-electron chi connectivity index (χ1n) is 9.53. The maximum atomic E-state index is 12.2. The molecule has 3 rings (SSSR count). The van der Waals surface area contributed by atoms with Crippen LogP contribution in [0.5, 0.6) is 5.75 Å². The van der Waals surface area contributed by atoms with E-state index in [-0.39, 0.29) is 5.91 Å². The van der Waals surface area contributed by atoms with E-state index in [4.69, 9.17) is 4.74 Å². The average molecular weight is 352 g/mol. The molecule has 1 amide bonds. The maximum Gasteiger partial charge on any atom is 0.220 e. The van der Waals surface area contributed by atoms with E-state index < -0.39 is 0 Å². The number of nitrogens with one attached hydrogen (secondary N) is 2. The maximum absolute atomic E-state index is 12.2. The van der Waals surface area contributed by atoms with Crippen molar-refractivity contribution in [2.75, 3.05) is 13.1 Å². The zero-order valence-electron chi connectivity index (χ0n) is 15.2. The van der Waals surface area contributed by atoms with Crippen molar-refractivity contribution in [1.29, 1.82) is 0 Å². The zero-order chi connectivity index (χ0) is 18.0. The van der Waals surface area contributed by atoms with E-state index in [1.54, 1.807) is 0 Å². The summed E-state index contributed by atoms with van der Waals surface area (Å²) in [6.07, 6.45) is 3.96. The van der Waals surface area contributed by atoms with Gasteiger partial charge in [-0.05, 0) is 49.9 Å². The number of amides is 1. The lowest BCUT2D eigenvalue weighted by atomic mass is 9.93. The average Bonchev–Trinajstić information content (AvgIpc) is 2.71. The Hall–Kier alpha value is -2.33. The van der Waals surface area contributed by atoms with E-state index in [1.165, 1.54) is 12.8 Å². The lowest BCUT2D eigenvalue weighted by Gasteiger charge is -2.22. The molecular weight excluding hydrogens is 324 g/mol. The third-order valence-electron chi connectivity index (χ3n) is 4.92. The Morgan fingerprint density at radius 3 is 2.58 bits per heavy atom. The quantitative estimate of drug-likeness (QED) is 0.762. The number of carbonyl (C=O) groups is 1. The standard InChI is InChI=1S/C22H28N2O2/c25-22(11-10-18-12-14-23-15-13-18)24-16-20-8-4-5-9-21(20)26-17-19-6-2-1-3-7-19/h1-9,18,23H,10-17H2,(H,24,25). The number of piperidine rings is 1. The Morgan fingerprint density at radius 2 is 1.77 bits per heavy atom. The molecule has 2 aromatic carbocycles. The SMILES string of the molecule is O=C(CCC1CCNCC1)NCc1ccccc1OCc1ccccc1. The molecule has 0 aromatic heterocycles. The Balaban J connectivity index is 1.45. The summed E-state index contributed by atoms with van der Waals surface area (Å²) in [4.78, 5) is 12.2. The Labute approximate surface area is 156 Å². The van der Waals surface area contributed by atoms with Crippen LogP contribution >= 0.6 is 0 Å². The van der Waals surface area contributed by atoms with Gasteiger partial charge < -0.3 is 15.4 Å². The number of benzene rings is 2. The van der Waals surface area contributed by atoms with Crippen LogP contribution in [-0.4, -0.2) is 19.0 Å². The van der Waals surface area contributed by atoms with Crippen LogP contribution in [-0.2, 0) is 17.9 Å². The van der Waals surface area contributed by atoms with E-state index in [9.17, 15) is 4.79 Å². The van der Waals surface area contributed by atoms with Gasteiger partial charge in [0.15, 0.2) is 0 Å². The van der Waals surface area contributed by atoms with Crippen molar-refractivity contribution in [3.05, 3.63) is 65.7 Å². The van der Waals surface area contributed by atoms with E-state index in [0.717, 1.165) is 36.4 Å². The molecule has 0 saturated carbocycles. The van der Waals surface area contributed by atoms with Gasteiger partial charge in [0.2, 0.25) is 5.91 Å². The number of para-hydroxylation sites is 1. The highest BCUT2D eigenvalue weighted by Crippen LogP contribution is 2.20. The van der Waals surface area contributed by atoms with E-state index in [0.29, 0.717) is 25.5 Å². The van der Waals surface area contributed by atoms with Crippen molar-refractivity contribution in [2.45, 2.75) is 38.8 Å². The van der Waals surface area contributed by atoms with Gasteiger partial charge in [-0.2, -0.15) is 0 Å². The molecule has 0 bridgehead atoms. The molecule has 1 aliphatic rings. The van der Waals surface area contributed by atoms with Crippen molar-refractivity contribution < 1.29 is 9.53 Å². The monoisotopic (exact) mass is 352 g/mol. The topological polar surface area (TPSA) is 50.4 Å². The Morgan fingerprint density at radius 1 is 1.04 bits per heavy atom.